The van der Waals surface area contributed by atoms with E-state index in [9.17, 15) is 9.59 Å². The quantitative estimate of drug-likeness (QED) is 0.678. The summed E-state index contributed by atoms with van der Waals surface area (Å²) in [7, 11) is 0. The maximum atomic E-state index is 12.4. The van der Waals surface area contributed by atoms with Crippen LogP contribution in [0.5, 0.6) is 0 Å². The van der Waals surface area contributed by atoms with Gasteiger partial charge in [-0.05, 0) is 49.1 Å². The Morgan fingerprint density at radius 1 is 1.24 bits per heavy atom. The van der Waals surface area contributed by atoms with E-state index in [-0.39, 0.29) is 23.8 Å². The van der Waals surface area contributed by atoms with Crippen LogP contribution in [-0.4, -0.2) is 26.6 Å². The van der Waals surface area contributed by atoms with Crippen LogP contribution in [0.2, 0.25) is 0 Å². The molecule has 2 heterocycles. The average Bonchev–Trinajstić information content (AvgIpc) is 3.27. The molecule has 0 bridgehead atoms. The van der Waals surface area contributed by atoms with E-state index >= 15 is 0 Å². The van der Waals surface area contributed by atoms with Crippen LogP contribution in [0.15, 0.2) is 61.2 Å². The van der Waals surface area contributed by atoms with E-state index in [0.717, 1.165) is 22.5 Å². The van der Waals surface area contributed by atoms with Gasteiger partial charge in [0.25, 0.3) is 0 Å². The molecule has 2 aromatic carbocycles. The molecular weight excluding hydrogens is 366 g/mol. The number of aromatic nitrogens is 3. The van der Waals surface area contributed by atoms with Gasteiger partial charge in [-0.1, -0.05) is 30.3 Å². The van der Waals surface area contributed by atoms with Gasteiger partial charge < -0.3 is 10.6 Å². The van der Waals surface area contributed by atoms with Crippen LogP contribution < -0.4 is 10.6 Å². The van der Waals surface area contributed by atoms with Gasteiger partial charge in [0.05, 0.1) is 11.7 Å². The zero-order valence-corrected chi connectivity index (χ0v) is 16.2. The van der Waals surface area contributed by atoms with Crippen molar-refractivity contribution in [2.24, 2.45) is 5.92 Å². The Morgan fingerprint density at radius 3 is 2.79 bits per heavy atom. The number of nitrogens with one attached hydrogen (secondary N) is 2. The molecule has 0 spiro atoms. The van der Waals surface area contributed by atoms with E-state index in [1.807, 2.05) is 55.5 Å². The summed E-state index contributed by atoms with van der Waals surface area (Å²) >= 11 is 0. The zero-order valence-electron chi connectivity index (χ0n) is 16.2. The van der Waals surface area contributed by atoms with Gasteiger partial charge in [-0.25, -0.2) is 9.67 Å². The first-order valence-electron chi connectivity index (χ1n) is 9.73. The van der Waals surface area contributed by atoms with Crippen LogP contribution in [0.4, 0.5) is 5.69 Å². The molecule has 2 amide bonds. The van der Waals surface area contributed by atoms with E-state index in [0.29, 0.717) is 19.3 Å². The SMILES string of the molecule is CC(NC(=O)CCC1Cc2ccccc2NC1=O)c1ccc(-n2cncn2)cc1. The summed E-state index contributed by atoms with van der Waals surface area (Å²) in [5.41, 5.74) is 3.92. The van der Waals surface area contributed by atoms with Crippen LogP contribution in [0.25, 0.3) is 5.69 Å². The molecular formula is C22H23N5O2. The zero-order chi connectivity index (χ0) is 20.2. The molecule has 148 valence electrons. The van der Waals surface area contributed by atoms with Gasteiger partial charge in [-0.3, -0.25) is 9.59 Å². The normalized spacial score (nSPS) is 16.6. The van der Waals surface area contributed by atoms with Gasteiger partial charge in [0, 0.05) is 18.0 Å². The van der Waals surface area contributed by atoms with Gasteiger partial charge >= 0.3 is 0 Å². The highest BCUT2D eigenvalue weighted by atomic mass is 16.2. The summed E-state index contributed by atoms with van der Waals surface area (Å²) in [4.78, 5) is 28.6. The van der Waals surface area contributed by atoms with Crippen molar-refractivity contribution in [2.45, 2.75) is 32.2 Å². The van der Waals surface area contributed by atoms with E-state index < -0.39 is 0 Å². The summed E-state index contributed by atoms with van der Waals surface area (Å²) < 4.78 is 1.68. The van der Waals surface area contributed by atoms with E-state index in [1.165, 1.54) is 6.33 Å². The number of hydrogen-bond acceptors (Lipinski definition) is 4. The molecule has 7 heteroatoms. The molecule has 0 aliphatic carbocycles. The first-order valence-corrected chi connectivity index (χ1v) is 9.73. The molecule has 1 aromatic heterocycles. The van der Waals surface area contributed by atoms with Crippen LogP contribution in [0, 0.1) is 5.92 Å². The number of hydrogen-bond donors (Lipinski definition) is 2. The first kappa shape index (κ1) is 18.9. The Hall–Kier alpha value is -3.48. The predicted octanol–water partition coefficient (Wildman–Crippen LogP) is 3.04. The maximum absolute atomic E-state index is 12.4. The molecule has 0 fully saturated rings. The summed E-state index contributed by atoms with van der Waals surface area (Å²) in [6, 6.07) is 15.5. The number of anilines is 1. The largest absolute Gasteiger partial charge is 0.350 e. The second-order valence-electron chi connectivity index (χ2n) is 7.31. The number of fused-ring (bicyclic) bond motifs is 1. The lowest BCUT2D eigenvalue weighted by molar-refractivity contribution is -0.123. The van der Waals surface area contributed by atoms with Gasteiger partial charge in [-0.15, -0.1) is 0 Å². The number of rotatable bonds is 6. The van der Waals surface area contributed by atoms with Gasteiger partial charge in [0.15, 0.2) is 0 Å². The van der Waals surface area contributed by atoms with Crippen LogP contribution >= 0.6 is 0 Å². The number of benzene rings is 2. The number of carbonyl (C=O) groups is 2. The second-order valence-corrected chi connectivity index (χ2v) is 7.31. The number of para-hydroxylation sites is 1. The molecule has 0 saturated carbocycles. The fourth-order valence-corrected chi connectivity index (χ4v) is 3.61. The molecule has 29 heavy (non-hydrogen) atoms. The fraction of sp³-hybridized carbons (Fsp3) is 0.273. The van der Waals surface area contributed by atoms with Crippen LogP contribution in [0.1, 0.15) is 36.9 Å². The highest BCUT2D eigenvalue weighted by Gasteiger charge is 2.26. The standard InChI is InChI=1S/C22H23N5O2/c1-15(16-6-9-19(10-7-16)27-14-23-13-24-27)25-21(28)11-8-18-12-17-4-2-3-5-20(17)26-22(18)29/h2-7,9-10,13-15,18H,8,11-12H2,1H3,(H,25,28)(H,26,29). The van der Waals surface area contributed by atoms with Crippen molar-refractivity contribution in [2.75, 3.05) is 5.32 Å². The topological polar surface area (TPSA) is 88.9 Å². The smallest absolute Gasteiger partial charge is 0.227 e. The Balaban J connectivity index is 1.30. The van der Waals surface area contributed by atoms with Crippen molar-refractivity contribution in [3.05, 3.63) is 72.3 Å². The number of carbonyl (C=O) groups excluding carboxylic acids is 2. The Morgan fingerprint density at radius 2 is 2.03 bits per heavy atom. The fourth-order valence-electron chi connectivity index (χ4n) is 3.61. The Bertz CT molecular complexity index is 998. The first-order chi connectivity index (χ1) is 14.1. The number of amides is 2. The second kappa shape index (κ2) is 8.26. The minimum absolute atomic E-state index is 0.00625. The summed E-state index contributed by atoms with van der Waals surface area (Å²) in [6.07, 6.45) is 4.65. The van der Waals surface area contributed by atoms with E-state index in [1.54, 1.807) is 11.0 Å². The van der Waals surface area contributed by atoms with Crippen molar-refractivity contribution in [1.29, 1.82) is 0 Å². The highest BCUT2D eigenvalue weighted by Crippen LogP contribution is 2.27. The number of nitrogens with zero attached hydrogens (tertiary/aromatic N) is 3. The van der Waals surface area contributed by atoms with Crippen LogP contribution in [0.3, 0.4) is 0 Å². The third-order valence-electron chi connectivity index (χ3n) is 5.29. The molecule has 0 saturated heterocycles. The van der Waals surface area contributed by atoms with Crippen molar-refractivity contribution >= 4 is 17.5 Å². The van der Waals surface area contributed by atoms with Crippen molar-refractivity contribution in [1.82, 2.24) is 20.1 Å². The van der Waals surface area contributed by atoms with Gasteiger partial charge in [0.2, 0.25) is 11.8 Å². The maximum Gasteiger partial charge on any atom is 0.227 e. The van der Waals surface area contributed by atoms with Crippen LogP contribution in [-0.2, 0) is 16.0 Å². The third-order valence-corrected chi connectivity index (χ3v) is 5.29. The lowest BCUT2D eigenvalue weighted by atomic mass is 9.89. The molecule has 3 aromatic rings. The molecule has 4 rings (SSSR count). The van der Waals surface area contributed by atoms with Crippen molar-refractivity contribution in [3.63, 3.8) is 0 Å². The minimum atomic E-state index is -0.173. The average molecular weight is 389 g/mol. The lowest BCUT2D eigenvalue weighted by Crippen LogP contribution is -2.32. The van der Waals surface area contributed by atoms with Crippen molar-refractivity contribution < 1.29 is 9.59 Å². The molecule has 2 atom stereocenters. The summed E-state index contributed by atoms with van der Waals surface area (Å²) in [5.74, 6) is -0.231. The minimum Gasteiger partial charge on any atom is -0.350 e. The predicted molar refractivity (Wildman–Crippen MR) is 109 cm³/mol. The molecule has 2 unspecified atom stereocenters. The Labute approximate surface area is 169 Å². The van der Waals surface area contributed by atoms with Gasteiger partial charge in [0.1, 0.15) is 12.7 Å². The van der Waals surface area contributed by atoms with E-state index in [4.69, 9.17) is 0 Å². The van der Waals surface area contributed by atoms with E-state index in [2.05, 4.69) is 20.7 Å². The van der Waals surface area contributed by atoms with Gasteiger partial charge in [-0.2, -0.15) is 5.10 Å². The summed E-state index contributed by atoms with van der Waals surface area (Å²) in [6.45, 7) is 1.95. The molecule has 0 radical (unpaired) electrons. The molecule has 2 N–H and O–H groups in total. The summed E-state index contributed by atoms with van der Waals surface area (Å²) in [5, 5.41) is 10.1. The lowest BCUT2D eigenvalue weighted by Gasteiger charge is -2.24. The monoisotopic (exact) mass is 389 g/mol. The highest BCUT2D eigenvalue weighted by molar-refractivity contribution is 5.96. The Kier molecular flexibility index (Phi) is 5.37. The molecule has 7 nitrogen and oxygen atoms in total. The molecule has 1 aliphatic rings. The third kappa shape index (κ3) is 4.34. The molecule has 1 aliphatic heterocycles. The van der Waals surface area contributed by atoms with Crippen molar-refractivity contribution in [3.8, 4) is 5.69 Å².